The fraction of sp³-hybridized carbons (Fsp3) is 0.933. The van der Waals surface area contributed by atoms with Gasteiger partial charge >= 0.3 is 0 Å². The standard InChI is InChI=1S/C15H28N2O/c1-3-11(4-2)10-16-15(18)9-12-7-13-5-6-14(8-12)17-13/h11-14,17H,3-10H2,1-2H3,(H,16,18). The van der Waals surface area contributed by atoms with Crippen molar-refractivity contribution in [2.45, 2.75) is 70.9 Å². The second-order valence-electron chi connectivity index (χ2n) is 6.17. The van der Waals surface area contributed by atoms with Gasteiger partial charge in [-0.1, -0.05) is 26.7 Å². The highest BCUT2D eigenvalue weighted by Crippen LogP contribution is 2.32. The Hall–Kier alpha value is -0.570. The molecule has 3 heteroatoms. The Labute approximate surface area is 111 Å². The van der Waals surface area contributed by atoms with E-state index in [0.29, 0.717) is 23.9 Å². The average Bonchev–Trinajstić information content (AvgIpc) is 2.70. The van der Waals surface area contributed by atoms with Gasteiger partial charge in [-0.15, -0.1) is 0 Å². The molecule has 0 saturated carbocycles. The molecule has 0 aromatic rings. The summed E-state index contributed by atoms with van der Waals surface area (Å²) < 4.78 is 0. The molecule has 2 aliphatic rings. The summed E-state index contributed by atoms with van der Waals surface area (Å²) in [5.41, 5.74) is 0. The van der Waals surface area contributed by atoms with Gasteiger partial charge in [0.25, 0.3) is 0 Å². The predicted molar refractivity (Wildman–Crippen MR) is 74.4 cm³/mol. The molecule has 0 aromatic heterocycles. The van der Waals surface area contributed by atoms with Crippen molar-refractivity contribution >= 4 is 5.91 Å². The zero-order chi connectivity index (χ0) is 13.0. The van der Waals surface area contributed by atoms with Crippen LogP contribution < -0.4 is 10.6 Å². The highest BCUT2D eigenvalue weighted by molar-refractivity contribution is 5.76. The largest absolute Gasteiger partial charge is 0.356 e. The highest BCUT2D eigenvalue weighted by atomic mass is 16.1. The van der Waals surface area contributed by atoms with Crippen LogP contribution in [0.2, 0.25) is 0 Å². The Bertz CT molecular complexity index is 264. The first kappa shape index (κ1) is 13.9. The van der Waals surface area contributed by atoms with Crippen molar-refractivity contribution in [2.24, 2.45) is 11.8 Å². The van der Waals surface area contributed by atoms with Crippen LogP contribution in [0.5, 0.6) is 0 Å². The van der Waals surface area contributed by atoms with E-state index in [1.54, 1.807) is 0 Å². The van der Waals surface area contributed by atoms with Gasteiger partial charge in [0.2, 0.25) is 5.91 Å². The number of rotatable bonds is 6. The number of amides is 1. The first-order valence-electron chi connectivity index (χ1n) is 7.74. The van der Waals surface area contributed by atoms with Crippen LogP contribution in [0.4, 0.5) is 0 Å². The molecular formula is C15H28N2O. The van der Waals surface area contributed by atoms with Crippen LogP contribution in [0.1, 0.15) is 58.8 Å². The van der Waals surface area contributed by atoms with Crippen molar-refractivity contribution in [1.29, 1.82) is 0 Å². The predicted octanol–water partition coefficient (Wildman–Crippen LogP) is 2.46. The summed E-state index contributed by atoms with van der Waals surface area (Å²) in [6, 6.07) is 1.39. The van der Waals surface area contributed by atoms with Crippen molar-refractivity contribution in [2.75, 3.05) is 6.54 Å². The van der Waals surface area contributed by atoms with E-state index in [-0.39, 0.29) is 5.91 Å². The molecule has 1 amide bonds. The summed E-state index contributed by atoms with van der Waals surface area (Å²) in [4.78, 5) is 11.9. The fourth-order valence-corrected chi connectivity index (χ4v) is 3.51. The van der Waals surface area contributed by atoms with Crippen LogP contribution in [0, 0.1) is 11.8 Å². The molecule has 3 nitrogen and oxygen atoms in total. The molecule has 0 radical (unpaired) electrons. The summed E-state index contributed by atoms with van der Waals surface area (Å²) in [6.45, 7) is 5.26. The van der Waals surface area contributed by atoms with Gasteiger partial charge in [-0.2, -0.15) is 0 Å². The minimum absolute atomic E-state index is 0.271. The lowest BCUT2D eigenvalue weighted by molar-refractivity contribution is -0.122. The molecule has 2 aliphatic heterocycles. The maximum Gasteiger partial charge on any atom is 0.220 e. The smallest absolute Gasteiger partial charge is 0.220 e. The van der Waals surface area contributed by atoms with Crippen LogP contribution >= 0.6 is 0 Å². The summed E-state index contributed by atoms with van der Waals surface area (Å²) in [5.74, 6) is 1.54. The van der Waals surface area contributed by atoms with Gasteiger partial charge in [0, 0.05) is 25.0 Å². The fourth-order valence-electron chi connectivity index (χ4n) is 3.51. The summed E-state index contributed by atoms with van der Waals surface area (Å²) in [7, 11) is 0. The molecule has 2 saturated heterocycles. The highest BCUT2D eigenvalue weighted by Gasteiger charge is 2.34. The van der Waals surface area contributed by atoms with Crippen molar-refractivity contribution < 1.29 is 4.79 Å². The van der Waals surface area contributed by atoms with Crippen molar-refractivity contribution in [3.8, 4) is 0 Å². The Kier molecular flexibility index (Phi) is 5.04. The number of piperidine rings is 1. The lowest BCUT2D eigenvalue weighted by atomic mass is 9.89. The van der Waals surface area contributed by atoms with Gasteiger partial charge in [0.05, 0.1) is 0 Å². The lowest BCUT2D eigenvalue weighted by Crippen LogP contribution is -2.40. The van der Waals surface area contributed by atoms with E-state index >= 15 is 0 Å². The lowest BCUT2D eigenvalue weighted by Gasteiger charge is -2.28. The summed E-state index contributed by atoms with van der Waals surface area (Å²) >= 11 is 0. The van der Waals surface area contributed by atoms with E-state index in [0.717, 1.165) is 25.8 Å². The molecule has 0 spiro atoms. The third kappa shape index (κ3) is 3.71. The third-order valence-electron chi connectivity index (χ3n) is 4.79. The molecule has 2 rings (SSSR count). The zero-order valence-electron chi connectivity index (χ0n) is 11.9. The van der Waals surface area contributed by atoms with Gasteiger partial charge in [-0.3, -0.25) is 4.79 Å². The minimum atomic E-state index is 0.271. The Morgan fingerprint density at radius 1 is 1.22 bits per heavy atom. The number of carbonyl (C=O) groups excluding carboxylic acids is 1. The van der Waals surface area contributed by atoms with Gasteiger partial charge in [0.1, 0.15) is 0 Å². The van der Waals surface area contributed by atoms with Crippen LogP contribution in [-0.2, 0) is 4.79 Å². The molecular weight excluding hydrogens is 224 g/mol. The third-order valence-corrected chi connectivity index (χ3v) is 4.79. The van der Waals surface area contributed by atoms with Gasteiger partial charge in [0.15, 0.2) is 0 Å². The summed E-state index contributed by atoms with van der Waals surface area (Å²) in [6.07, 6.45) is 8.11. The SMILES string of the molecule is CCC(CC)CNC(=O)CC1CC2CCC(C1)N2. The monoisotopic (exact) mass is 252 g/mol. The first-order valence-corrected chi connectivity index (χ1v) is 7.74. The van der Waals surface area contributed by atoms with Gasteiger partial charge in [-0.05, 0) is 37.5 Å². The van der Waals surface area contributed by atoms with E-state index in [9.17, 15) is 4.79 Å². The van der Waals surface area contributed by atoms with E-state index in [4.69, 9.17) is 0 Å². The number of nitrogens with one attached hydrogen (secondary N) is 2. The molecule has 0 aliphatic carbocycles. The quantitative estimate of drug-likeness (QED) is 0.762. The summed E-state index contributed by atoms with van der Waals surface area (Å²) in [5, 5.41) is 6.75. The maximum atomic E-state index is 11.9. The van der Waals surface area contributed by atoms with Crippen LogP contribution in [0.25, 0.3) is 0 Å². The molecule has 2 bridgehead atoms. The van der Waals surface area contributed by atoms with Crippen LogP contribution in [0.15, 0.2) is 0 Å². The van der Waals surface area contributed by atoms with Crippen LogP contribution in [-0.4, -0.2) is 24.5 Å². The molecule has 2 atom stereocenters. The van der Waals surface area contributed by atoms with Crippen molar-refractivity contribution in [3.63, 3.8) is 0 Å². The normalized spacial score (nSPS) is 30.7. The molecule has 0 aromatic carbocycles. The van der Waals surface area contributed by atoms with Crippen molar-refractivity contribution in [1.82, 2.24) is 10.6 Å². The van der Waals surface area contributed by atoms with E-state index in [2.05, 4.69) is 24.5 Å². The molecule has 2 N–H and O–H groups in total. The minimum Gasteiger partial charge on any atom is -0.356 e. The number of hydrogen-bond acceptors (Lipinski definition) is 2. The molecule has 18 heavy (non-hydrogen) atoms. The number of hydrogen-bond donors (Lipinski definition) is 2. The molecule has 2 unspecified atom stereocenters. The van der Waals surface area contributed by atoms with E-state index < -0.39 is 0 Å². The Morgan fingerprint density at radius 2 is 1.83 bits per heavy atom. The molecule has 2 fully saturated rings. The second-order valence-corrected chi connectivity index (χ2v) is 6.17. The van der Waals surface area contributed by atoms with Crippen LogP contribution in [0.3, 0.4) is 0 Å². The van der Waals surface area contributed by atoms with E-state index in [1.165, 1.54) is 25.7 Å². The second kappa shape index (κ2) is 6.55. The first-order chi connectivity index (χ1) is 8.71. The Morgan fingerprint density at radius 3 is 2.39 bits per heavy atom. The molecule has 2 heterocycles. The van der Waals surface area contributed by atoms with Crippen molar-refractivity contribution in [3.05, 3.63) is 0 Å². The number of carbonyl (C=O) groups is 1. The number of fused-ring (bicyclic) bond motifs is 2. The average molecular weight is 252 g/mol. The van der Waals surface area contributed by atoms with Gasteiger partial charge < -0.3 is 10.6 Å². The Balaban J connectivity index is 1.68. The zero-order valence-corrected chi connectivity index (χ0v) is 11.9. The maximum absolute atomic E-state index is 11.9. The van der Waals surface area contributed by atoms with Gasteiger partial charge in [-0.25, -0.2) is 0 Å². The van der Waals surface area contributed by atoms with E-state index in [1.807, 2.05) is 0 Å². The topological polar surface area (TPSA) is 41.1 Å². The molecule has 104 valence electrons.